The average Bonchev–Trinajstić information content (AvgIpc) is 2.19. The summed E-state index contributed by atoms with van der Waals surface area (Å²) in [6, 6.07) is 1.91. The van der Waals surface area contributed by atoms with E-state index in [2.05, 4.69) is 21.2 Å². The Balaban J connectivity index is 2.91. The molecule has 19 heavy (non-hydrogen) atoms. The molecule has 0 fully saturated rings. The quantitative estimate of drug-likeness (QED) is 0.652. The molecule has 1 N–H and O–H groups in total. The van der Waals surface area contributed by atoms with Gasteiger partial charge in [-0.25, -0.2) is 0 Å². The lowest BCUT2D eigenvalue weighted by Gasteiger charge is -2.18. The molecule has 1 atom stereocenters. The van der Waals surface area contributed by atoms with Crippen LogP contribution in [0.1, 0.15) is 18.9 Å². The van der Waals surface area contributed by atoms with Crippen LogP contribution in [0.5, 0.6) is 0 Å². The summed E-state index contributed by atoms with van der Waals surface area (Å²) in [5, 5.41) is 13.4. The van der Waals surface area contributed by atoms with Crippen LogP contribution in [0.4, 0.5) is 24.5 Å². The first-order chi connectivity index (χ1) is 8.60. The molecule has 0 spiro atoms. The van der Waals surface area contributed by atoms with Crippen molar-refractivity contribution in [2.75, 3.05) is 5.32 Å². The van der Waals surface area contributed by atoms with Crippen molar-refractivity contribution < 1.29 is 18.1 Å². The van der Waals surface area contributed by atoms with Gasteiger partial charge in [0, 0.05) is 27.8 Å². The number of benzene rings is 1. The fraction of sp³-hybridized carbons (Fsp3) is 0.455. The first kappa shape index (κ1) is 15.7. The van der Waals surface area contributed by atoms with E-state index < -0.39 is 23.6 Å². The molecule has 0 bridgehead atoms. The van der Waals surface area contributed by atoms with Gasteiger partial charge < -0.3 is 5.32 Å². The Morgan fingerprint density at radius 1 is 1.47 bits per heavy atom. The van der Waals surface area contributed by atoms with E-state index in [0.29, 0.717) is 15.7 Å². The van der Waals surface area contributed by atoms with Gasteiger partial charge in [0.15, 0.2) is 0 Å². The van der Waals surface area contributed by atoms with Crippen molar-refractivity contribution in [3.05, 3.63) is 32.3 Å². The van der Waals surface area contributed by atoms with Crippen molar-refractivity contribution in [2.45, 2.75) is 32.5 Å². The largest absolute Gasteiger partial charge is 0.391 e. The minimum atomic E-state index is -4.26. The number of nitro groups is 1. The van der Waals surface area contributed by atoms with Crippen molar-refractivity contribution in [3.8, 4) is 0 Å². The summed E-state index contributed by atoms with van der Waals surface area (Å²) in [4.78, 5) is 10.2. The van der Waals surface area contributed by atoms with Crippen LogP contribution in [-0.2, 0) is 0 Å². The smallest absolute Gasteiger partial charge is 0.381 e. The monoisotopic (exact) mass is 340 g/mol. The molecule has 0 aromatic heterocycles. The zero-order chi connectivity index (χ0) is 14.8. The van der Waals surface area contributed by atoms with E-state index in [1.54, 1.807) is 0 Å². The SMILES string of the molecule is Cc1cc(NC(C)CC(F)(F)F)c(Br)cc1[N+](=O)[O-]. The van der Waals surface area contributed by atoms with Gasteiger partial charge in [-0.05, 0) is 35.8 Å². The summed E-state index contributed by atoms with van der Waals surface area (Å²) in [6.07, 6.45) is -5.23. The maximum absolute atomic E-state index is 12.2. The highest BCUT2D eigenvalue weighted by atomic mass is 79.9. The predicted octanol–water partition coefficient (Wildman–Crippen LogP) is 4.42. The molecule has 0 heterocycles. The maximum Gasteiger partial charge on any atom is 0.391 e. The number of nitro benzene ring substituents is 1. The van der Waals surface area contributed by atoms with Crippen LogP contribution in [0.2, 0.25) is 0 Å². The van der Waals surface area contributed by atoms with Crippen molar-refractivity contribution >= 4 is 27.3 Å². The van der Waals surface area contributed by atoms with Crippen LogP contribution in [0.25, 0.3) is 0 Å². The molecule has 0 radical (unpaired) electrons. The molecule has 0 saturated heterocycles. The summed E-state index contributed by atoms with van der Waals surface area (Å²) in [6.45, 7) is 2.93. The van der Waals surface area contributed by atoms with E-state index in [1.165, 1.54) is 26.0 Å². The number of anilines is 1. The lowest BCUT2D eigenvalue weighted by molar-refractivity contribution is -0.385. The minimum Gasteiger partial charge on any atom is -0.381 e. The molecular weight excluding hydrogens is 329 g/mol. The summed E-state index contributed by atoms with van der Waals surface area (Å²) >= 11 is 3.11. The second-order valence-corrected chi connectivity index (χ2v) is 5.09. The van der Waals surface area contributed by atoms with Gasteiger partial charge in [0.1, 0.15) is 0 Å². The predicted molar refractivity (Wildman–Crippen MR) is 69.3 cm³/mol. The Hall–Kier alpha value is -1.31. The molecule has 1 aromatic rings. The number of nitrogens with one attached hydrogen (secondary N) is 1. The summed E-state index contributed by atoms with van der Waals surface area (Å²) in [7, 11) is 0. The lowest BCUT2D eigenvalue weighted by Crippen LogP contribution is -2.24. The fourth-order valence-corrected chi connectivity index (χ4v) is 2.09. The second-order valence-electron chi connectivity index (χ2n) is 4.24. The second kappa shape index (κ2) is 5.77. The van der Waals surface area contributed by atoms with Crippen LogP contribution in [0, 0.1) is 17.0 Å². The van der Waals surface area contributed by atoms with Gasteiger partial charge in [-0.2, -0.15) is 13.2 Å². The average molecular weight is 341 g/mol. The fourth-order valence-electron chi connectivity index (χ4n) is 1.64. The van der Waals surface area contributed by atoms with Gasteiger partial charge in [0.05, 0.1) is 11.3 Å². The van der Waals surface area contributed by atoms with Gasteiger partial charge in [0.2, 0.25) is 0 Å². The number of alkyl halides is 3. The van der Waals surface area contributed by atoms with Crippen LogP contribution in [0.3, 0.4) is 0 Å². The third kappa shape index (κ3) is 4.70. The standard InChI is InChI=1S/C11H12BrF3N2O2/c1-6-3-9(8(12)4-10(6)17(18)19)16-7(2)5-11(13,14)15/h3-4,7,16H,5H2,1-2H3. The number of halogens is 4. The molecule has 1 rings (SSSR count). The Labute approximate surface area is 116 Å². The number of hydrogen-bond acceptors (Lipinski definition) is 3. The van der Waals surface area contributed by atoms with E-state index in [-0.39, 0.29) is 5.69 Å². The highest BCUT2D eigenvalue weighted by molar-refractivity contribution is 9.10. The summed E-state index contributed by atoms with van der Waals surface area (Å²) in [5.41, 5.74) is 0.704. The Bertz CT molecular complexity index is 492. The van der Waals surface area contributed by atoms with E-state index in [4.69, 9.17) is 0 Å². The van der Waals surface area contributed by atoms with Gasteiger partial charge >= 0.3 is 6.18 Å². The van der Waals surface area contributed by atoms with E-state index in [0.717, 1.165) is 0 Å². The van der Waals surface area contributed by atoms with E-state index in [9.17, 15) is 23.3 Å². The molecule has 0 amide bonds. The molecule has 4 nitrogen and oxygen atoms in total. The number of rotatable bonds is 4. The van der Waals surface area contributed by atoms with Crippen LogP contribution in [0.15, 0.2) is 16.6 Å². The molecule has 106 valence electrons. The minimum absolute atomic E-state index is 0.0825. The van der Waals surface area contributed by atoms with Gasteiger partial charge in [-0.1, -0.05) is 0 Å². The van der Waals surface area contributed by atoms with Crippen LogP contribution < -0.4 is 5.32 Å². The normalized spacial score (nSPS) is 13.2. The Kier molecular flexibility index (Phi) is 4.78. The molecule has 0 aliphatic rings. The highest BCUT2D eigenvalue weighted by Crippen LogP contribution is 2.32. The van der Waals surface area contributed by atoms with Crippen molar-refractivity contribution in [1.29, 1.82) is 0 Å². The molecule has 8 heteroatoms. The molecule has 1 aromatic carbocycles. The highest BCUT2D eigenvalue weighted by Gasteiger charge is 2.30. The van der Waals surface area contributed by atoms with Crippen molar-refractivity contribution in [1.82, 2.24) is 0 Å². The lowest BCUT2D eigenvalue weighted by atomic mass is 10.1. The molecule has 0 saturated carbocycles. The summed E-state index contributed by atoms with van der Waals surface area (Å²) in [5.74, 6) is 0. The van der Waals surface area contributed by atoms with E-state index in [1.807, 2.05) is 0 Å². The van der Waals surface area contributed by atoms with Crippen molar-refractivity contribution in [2.24, 2.45) is 0 Å². The Morgan fingerprint density at radius 3 is 2.53 bits per heavy atom. The first-order valence-corrected chi connectivity index (χ1v) is 6.17. The van der Waals surface area contributed by atoms with Crippen LogP contribution in [-0.4, -0.2) is 17.1 Å². The molecule has 0 aliphatic carbocycles. The van der Waals surface area contributed by atoms with Crippen LogP contribution >= 0.6 is 15.9 Å². The number of aryl methyl sites for hydroxylation is 1. The number of hydrogen-bond donors (Lipinski definition) is 1. The third-order valence-corrected chi connectivity index (χ3v) is 3.08. The topological polar surface area (TPSA) is 55.2 Å². The van der Waals surface area contributed by atoms with Crippen molar-refractivity contribution in [3.63, 3.8) is 0 Å². The maximum atomic E-state index is 12.2. The number of nitrogens with zero attached hydrogens (tertiary/aromatic N) is 1. The van der Waals surface area contributed by atoms with Gasteiger partial charge in [-0.3, -0.25) is 10.1 Å². The zero-order valence-corrected chi connectivity index (χ0v) is 11.8. The van der Waals surface area contributed by atoms with E-state index >= 15 is 0 Å². The molecule has 0 aliphatic heterocycles. The Morgan fingerprint density at radius 2 is 2.05 bits per heavy atom. The van der Waals surface area contributed by atoms with Gasteiger partial charge in [0.25, 0.3) is 5.69 Å². The first-order valence-electron chi connectivity index (χ1n) is 5.38. The third-order valence-electron chi connectivity index (χ3n) is 2.42. The summed E-state index contributed by atoms with van der Waals surface area (Å²) < 4.78 is 37.0. The van der Waals surface area contributed by atoms with Gasteiger partial charge in [-0.15, -0.1) is 0 Å². The zero-order valence-electron chi connectivity index (χ0n) is 10.2. The molecule has 1 unspecified atom stereocenters. The molecular formula is C11H12BrF3N2O2.